The molecule has 0 aliphatic carbocycles. The molecule has 1 fully saturated rings. The van der Waals surface area contributed by atoms with Gasteiger partial charge in [0.25, 0.3) is 5.91 Å². The summed E-state index contributed by atoms with van der Waals surface area (Å²) in [5.41, 5.74) is -0.491. The van der Waals surface area contributed by atoms with Crippen LogP contribution in [0.1, 0.15) is 67.8 Å². The van der Waals surface area contributed by atoms with E-state index in [4.69, 9.17) is 21.4 Å². The number of H-pyrrole nitrogens is 1. The van der Waals surface area contributed by atoms with E-state index in [9.17, 15) is 24.3 Å². The molecule has 0 radical (unpaired) electrons. The van der Waals surface area contributed by atoms with Gasteiger partial charge in [-0.05, 0) is 48.7 Å². The van der Waals surface area contributed by atoms with E-state index in [-0.39, 0.29) is 18.4 Å². The number of halogens is 1. The number of unbranched alkanes of at least 4 members (excludes halogenated alkanes) is 4. The summed E-state index contributed by atoms with van der Waals surface area (Å²) in [7, 11) is 0. The summed E-state index contributed by atoms with van der Waals surface area (Å²) in [5.74, 6) is -2.35. The number of hydrogen-bond donors (Lipinski definition) is 4. The van der Waals surface area contributed by atoms with E-state index in [2.05, 4.69) is 22.1 Å². The third kappa shape index (κ3) is 10.8. The Hall–Kier alpha value is -3.73. The Kier molecular flexibility index (Phi) is 13.9. The van der Waals surface area contributed by atoms with Crippen LogP contribution in [0.3, 0.4) is 0 Å². The van der Waals surface area contributed by atoms with E-state index < -0.39 is 23.4 Å². The van der Waals surface area contributed by atoms with E-state index in [1.165, 1.54) is 25.3 Å². The van der Waals surface area contributed by atoms with Crippen molar-refractivity contribution in [2.45, 2.75) is 63.8 Å². The number of carboxylic acid groups (broad SMARTS) is 2. The van der Waals surface area contributed by atoms with Crippen LogP contribution in [-0.4, -0.2) is 76.3 Å². The van der Waals surface area contributed by atoms with Crippen LogP contribution < -0.4 is 10.9 Å². The van der Waals surface area contributed by atoms with Crippen LogP contribution in [0.4, 0.5) is 0 Å². The van der Waals surface area contributed by atoms with Crippen LogP contribution >= 0.6 is 11.6 Å². The van der Waals surface area contributed by atoms with Gasteiger partial charge in [0.15, 0.2) is 0 Å². The average Bonchev–Trinajstić information content (AvgIpc) is 3.00. The molecule has 1 saturated heterocycles. The van der Waals surface area contributed by atoms with Crippen molar-refractivity contribution in [2.75, 3.05) is 32.8 Å². The zero-order valence-electron chi connectivity index (χ0n) is 25.1. The molecule has 11 heteroatoms. The number of morpholine rings is 1. The Morgan fingerprint density at radius 2 is 1.68 bits per heavy atom. The number of carbonyl (C=O) groups excluding carboxylic acids is 1. The van der Waals surface area contributed by atoms with Crippen molar-refractivity contribution in [3.63, 3.8) is 0 Å². The van der Waals surface area contributed by atoms with Crippen molar-refractivity contribution in [3.05, 3.63) is 81.1 Å². The molecule has 238 valence electrons. The van der Waals surface area contributed by atoms with Crippen molar-refractivity contribution in [2.24, 2.45) is 0 Å². The highest BCUT2D eigenvalue weighted by Gasteiger charge is 2.41. The molecule has 10 nitrogen and oxygen atoms in total. The van der Waals surface area contributed by atoms with Gasteiger partial charge in [-0.1, -0.05) is 62.4 Å². The maximum absolute atomic E-state index is 13.1. The molecule has 4 N–H and O–H groups in total. The number of nitrogens with zero attached hydrogens (tertiary/aromatic N) is 1. The standard InChI is InChI=1S/C25H26ClN3O5.C8H16O2/c26-19-7-5-17(6-8-19)23(31)28-25(24(32)33,9-10-29-11-13-34-14-12-29)16-18-15-22(30)27-21-4-2-1-3-20(18)21;1-2-3-4-5-6-7-8(9)10/h1-8,15H,9-14,16H2,(H,27,30)(H,28,31)(H,32,33);2-7H2,1H3,(H,9,10). The molecule has 0 saturated carbocycles. The van der Waals surface area contributed by atoms with Gasteiger partial charge in [-0.2, -0.15) is 0 Å². The first-order valence-electron chi connectivity index (χ1n) is 15.1. The molecule has 2 heterocycles. The quantitative estimate of drug-likeness (QED) is 0.180. The van der Waals surface area contributed by atoms with Crippen molar-refractivity contribution in [3.8, 4) is 0 Å². The van der Waals surface area contributed by atoms with Gasteiger partial charge in [-0.25, -0.2) is 4.79 Å². The summed E-state index contributed by atoms with van der Waals surface area (Å²) in [4.78, 5) is 53.1. The number of benzene rings is 2. The number of aliphatic carboxylic acids is 2. The normalized spacial score (nSPS) is 14.7. The van der Waals surface area contributed by atoms with Crippen LogP contribution in [0.2, 0.25) is 5.02 Å². The molecule has 3 aromatic rings. The van der Waals surface area contributed by atoms with Gasteiger partial charge in [0.2, 0.25) is 5.56 Å². The van der Waals surface area contributed by atoms with Gasteiger partial charge in [0, 0.05) is 60.0 Å². The number of rotatable bonds is 14. The zero-order valence-corrected chi connectivity index (χ0v) is 25.9. The maximum Gasteiger partial charge on any atom is 0.329 e. The largest absolute Gasteiger partial charge is 0.481 e. The SMILES string of the molecule is CCCCCCCC(=O)O.O=C(NC(CCN1CCOCC1)(Cc1cc(=O)[nH]c2ccccc12)C(=O)O)c1ccc(Cl)cc1. The summed E-state index contributed by atoms with van der Waals surface area (Å²) >= 11 is 5.94. The van der Waals surface area contributed by atoms with E-state index >= 15 is 0 Å². The molecule has 2 aromatic carbocycles. The van der Waals surface area contributed by atoms with Gasteiger partial charge in [-0.3, -0.25) is 19.3 Å². The fourth-order valence-electron chi connectivity index (χ4n) is 5.12. The molecule has 1 aromatic heterocycles. The Bertz CT molecular complexity index is 1440. The van der Waals surface area contributed by atoms with E-state index in [0.717, 1.165) is 18.2 Å². The number of aromatic amines is 1. The minimum atomic E-state index is -1.63. The number of amides is 1. The molecule has 1 atom stereocenters. The van der Waals surface area contributed by atoms with Gasteiger partial charge >= 0.3 is 11.9 Å². The Morgan fingerprint density at radius 3 is 2.34 bits per heavy atom. The van der Waals surface area contributed by atoms with Gasteiger partial charge in [0.05, 0.1) is 13.2 Å². The van der Waals surface area contributed by atoms with Crippen molar-refractivity contribution in [1.82, 2.24) is 15.2 Å². The van der Waals surface area contributed by atoms with Crippen molar-refractivity contribution < 1.29 is 29.3 Å². The fourth-order valence-corrected chi connectivity index (χ4v) is 5.25. The first kappa shape index (κ1) is 34.8. The second kappa shape index (κ2) is 17.5. The summed E-state index contributed by atoms with van der Waals surface area (Å²) in [5, 5.41) is 22.7. The van der Waals surface area contributed by atoms with Crippen LogP contribution in [0.15, 0.2) is 59.4 Å². The highest BCUT2D eigenvalue weighted by Crippen LogP contribution is 2.25. The van der Waals surface area contributed by atoms with Gasteiger partial charge in [-0.15, -0.1) is 0 Å². The highest BCUT2D eigenvalue weighted by molar-refractivity contribution is 6.30. The monoisotopic (exact) mass is 627 g/mol. The summed E-state index contributed by atoms with van der Waals surface area (Å²) < 4.78 is 5.39. The number of fused-ring (bicyclic) bond motifs is 1. The molecule has 1 unspecified atom stereocenters. The van der Waals surface area contributed by atoms with Crippen molar-refractivity contribution in [1.29, 1.82) is 0 Å². The molecule has 1 aliphatic rings. The number of para-hydroxylation sites is 1. The molecular weight excluding hydrogens is 586 g/mol. The number of ether oxygens (including phenoxy) is 1. The fraction of sp³-hybridized carbons (Fsp3) is 0.455. The van der Waals surface area contributed by atoms with E-state index in [1.54, 1.807) is 36.4 Å². The summed E-state index contributed by atoms with van der Waals surface area (Å²) in [6.45, 7) is 5.14. The Balaban J connectivity index is 0.000000456. The lowest BCUT2D eigenvalue weighted by atomic mass is 9.85. The maximum atomic E-state index is 13.1. The third-order valence-electron chi connectivity index (χ3n) is 7.65. The van der Waals surface area contributed by atoms with Crippen LogP contribution in [0, 0.1) is 0 Å². The average molecular weight is 628 g/mol. The summed E-state index contributed by atoms with van der Waals surface area (Å²) in [6.07, 6.45) is 5.99. The highest BCUT2D eigenvalue weighted by atomic mass is 35.5. The molecule has 0 spiro atoms. The molecule has 4 rings (SSSR count). The van der Waals surface area contributed by atoms with Gasteiger partial charge in [0.1, 0.15) is 5.54 Å². The second-order valence-corrected chi connectivity index (χ2v) is 11.4. The predicted molar refractivity (Wildman–Crippen MR) is 170 cm³/mol. The van der Waals surface area contributed by atoms with E-state index in [1.807, 2.05) is 12.1 Å². The predicted octanol–water partition coefficient (Wildman–Crippen LogP) is 5.13. The number of nitrogens with one attached hydrogen (secondary N) is 2. The molecule has 1 amide bonds. The number of aromatic nitrogens is 1. The minimum absolute atomic E-state index is 0.0452. The lowest BCUT2D eigenvalue weighted by molar-refractivity contribution is -0.145. The lowest BCUT2D eigenvalue weighted by Crippen LogP contribution is -2.58. The topological polar surface area (TPSA) is 149 Å². The Morgan fingerprint density at radius 1 is 1.00 bits per heavy atom. The third-order valence-corrected chi connectivity index (χ3v) is 7.90. The van der Waals surface area contributed by atoms with E-state index in [0.29, 0.717) is 60.9 Å². The number of carbonyl (C=O) groups is 3. The van der Waals surface area contributed by atoms with Crippen LogP contribution in [0.5, 0.6) is 0 Å². The first-order chi connectivity index (χ1) is 21.1. The first-order valence-corrected chi connectivity index (χ1v) is 15.5. The minimum Gasteiger partial charge on any atom is -0.481 e. The molecular formula is C33H42ClN3O7. The number of carboxylic acids is 2. The second-order valence-electron chi connectivity index (χ2n) is 11.0. The number of hydrogen-bond acceptors (Lipinski definition) is 6. The number of pyridine rings is 1. The molecule has 0 bridgehead atoms. The van der Waals surface area contributed by atoms with Crippen LogP contribution in [0.25, 0.3) is 10.9 Å². The zero-order chi connectivity index (χ0) is 32.0. The van der Waals surface area contributed by atoms with Crippen LogP contribution in [-0.2, 0) is 20.7 Å². The smallest absolute Gasteiger partial charge is 0.329 e. The Labute approximate surface area is 262 Å². The lowest BCUT2D eigenvalue weighted by Gasteiger charge is -2.34. The van der Waals surface area contributed by atoms with Gasteiger partial charge < -0.3 is 25.3 Å². The summed E-state index contributed by atoms with van der Waals surface area (Å²) in [6, 6.07) is 14.9. The molecule has 1 aliphatic heterocycles. The van der Waals surface area contributed by atoms with Crippen molar-refractivity contribution >= 4 is 40.3 Å². The molecule has 44 heavy (non-hydrogen) atoms.